The van der Waals surface area contributed by atoms with Crippen LogP contribution in [-0.4, -0.2) is 92.4 Å². The van der Waals surface area contributed by atoms with Gasteiger partial charge in [-0.25, -0.2) is 0 Å². The fourth-order valence-electron chi connectivity index (χ4n) is 6.01. The van der Waals surface area contributed by atoms with Crippen molar-refractivity contribution in [3.05, 3.63) is 142 Å². The van der Waals surface area contributed by atoms with Crippen molar-refractivity contribution in [2.45, 2.75) is 90.0 Å². The first-order valence-corrected chi connectivity index (χ1v) is 18.8. The third kappa shape index (κ3) is 12.1. The molecule has 0 aliphatic rings. The standard InChI is InChI=1S/C46H54O11/c1-43(2,51)39(47)32-18-12-29(13-19-32)37(30-14-20-33(21-15-30)40(48)44(3,4)52)56-26-24-55-25-27-57-38(31-16-22-34(23-17-31)41(49)45(5,6)53)35-10-9-11-36(28-35)42(50)46(7,8)54/h9-23,28,37-38,51-54H,24-27H2,1-8H3. The number of aliphatic hydroxyl groups is 4. The molecule has 4 N–H and O–H groups in total. The van der Waals surface area contributed by atoms with E-state index in [1.54, 1.807) is 97.1 Å². The molecule has 1 unspecified atom stereocenters. The average Bonchev–Trinajstić information content (AvgIpc) is 3.15. The molecule has 1 atom stereocenters. The number of ether oxygens (including phenoxy) is 3. The largest absolute Gasteiger partial charge is 0.382 e. The summed E-state index contributed by atoms with van der Waals surface area (Å²) >= 11 is 0. The molecule has 57 heavy (non-hydrogen) atoms. The van der Waals surface area contributed by atoms with Gasteiger partial charge in [0.15, 0.2) is 23.1 Å². The van der Waals surface area contributed by atoms with Crippen molar-refractivity contribution in [1.29, 1.82) is 0 Å². The highest BCUT2D eigenvalue weighted by molar-refractivity contribution is 6.03. The molecule has 4 rings (SSSR count). The molecule has 0 spiro atoms. The summed E-state index contributed by atoms with van der Waals surface area (Å²) in [6.07, 6.45) is -1.29. The van der Waals surface area contributed by atoms with Crippen LogP contribution in [0.5, 0.6) is 0 Å². The minimum Gasteiger partial charge on any atom is -0.382 e. The monoisotopic (exact) mass is 782 g/mol. The second kappa shape index (κ2) is 18.3. The highest BCUT2D eigenvalue weighted by Gasteiger charge is 2.29. The van der Waals surface area contributed by atoms with Gasteiger partial charge in [0.1, 0.15) is 34.6 Å². The predicted molar refractivity (Wildman–Crippen MR) is 215 cm³/mol. The Labute approximate surface area is 334 Å². The van der Waals surface area contributed by atoms with Gasteiger partial charge in [-0.2, -0.15) is 0 Å². The summed E-state index contributed by atoms with van der Waals surface area (Å²) < 4.78 is 18.5. The smallest absolute Gasteiger partial charge is 0.193 e. The van der Waals surface area contributed by atoms with Crippen LogP contribution in [0.3, 0.4) is 0 Å². The summed E-state index contributed by atoms with van der Waals surface area (Å²) in [4.78, 5) is 50.9. The molecule has 11 nitrogen and oxygen atoms in total. The van der Waals surface area contributed by atoms with Gasteiger partial charge in [-0.1, -0.05) is 91.0 Å². The lowest BCUT2D eigenvalue weighted by atomic mass is 9.92. The van der Waals surface area contributed by atoms with Crippen molar-refractivity contribution in [2.24, 2.45) is 0 Å². The molecule has 0 aliphatic heterocycles. The first-order chi connectivity index (χ1) is 26.5. The highest BCUT2D eigenvalue weighted by Crippen LogP contribution is 2.30. The van der Waals surface area contributed by atoms with Crippen LogP contribution in [0.4, 0.5) is 0 Å². The molecule has 4 aromatic carbocycles. The summed E-state index contributed by atoms with van der Waals surface area (Å²) in [5.74, 6) is -1.73. The van der Waals surface area contributed by atoms with E-state index in [1.165, 1.54) is 55.4 Å². The van der Waals surface area contributed by atoms with E-state index < -0.39 is 57.7 Å². The third-order valence-corrected chi connectivity index (χ3v) is 9.13. The first-order valence-electron chi connectivity index (χ1n) is 18.8. The Morgan fingerprint density at radius 3 is 1.04 bits per heavy atom. The predicted octanol–water partition coefficient (Wildman–Crippen LogP) is 6.43. The van der Waals surface area contributed by atoms with E-state index >= 15 is 0 Å². The van der Waals surface area contributed by atoms with E-state index in [0.29, 0.717) is 33.4 Å². The van der Waals surface area contributed by atoms with E-state index in [2.05, 4.69) is 0 Å². The molecular formula is C46H54O11. The summed E-state index contributed by atoms with van der Waals surface area (Å²) in [6, 6.07) is 26.9. The van der Waals surface area contributed by atoms with E-state index in [4.69, 9.17) is 14.2 Å². The first kappa shape index (κ1) is 45.0. The van der Waals surface area contributed by atoms with Gasteiger partial charge < -0.3 is 34.6 Å². The zero-order valence-corrected chi connectivity index (χ0v) is 33.9. The Kier molecular flexibility index (Phi) is 14.4. The summed E-state index contributed by atoms with van der Waals surface area (Å²) in [5.41, 5.74) is -2.12. The van der Waals surface area contributed by atoms with Gasteiger partial charge >= 0.3 is 0 Å². The van der Waals surface area contributed by atoms with Crippen LogP contribution in [0.2, 0.25) is 0 Å². The summed E-state index contributed by atoms with van der Waals surface area (Å²) in [5, 5.41) is 41.0. The molecule has 0 heterocycles. The van der Waals surface area contributed by atoms with Crippen LogP contribution in [0.25, 0.3) is 0 Å². The van der Waals surface area contributed by atoms with E-state index in [-0.39, 0.29) is 26.4 Å². The Morgan fingerprint density at radius 2 is 0.719 bits per heavy atom. The van der Waals surface area contributed by atoms with Crippen molar-refractivity contribution < 1.29 is 53.8 Å². The van der Waals surface area contributed by atoms with Crippen molar-refractivity contribution in [1.82, 2.24) is 0 Å². The van der Waals surface area contributed by atoms with Gasteiger partial charge in [0, 0.05) is 22.3 Å². The normalized spacial score (nSPS) is 13.1. The molecule has 0 aromatic heterocycles. The van der Waals surface area contributed by atoms with Crippen molar-refractivity contribution in [3.8, 4) is 0 Å². The molecular weight excluding hydrogens is 728 g/mol. The fourth-order valence-corrected chi connectivity index (χ4v) is 6.01. The van der Waals surface area contributed by atoms with Gasteiger partial charge in [0.2, 0.25) is 0 Å². The molecule has 4 aromatic rings. The molecule has 0 saturated carbocycles. The zero-order chi connectivity index (χ0) is 42.3. The Balaban J connectivity index is 1.47. The average molecular weight is 783 g/mol. The number of rotatable bonds is 20. The quantitative estimate of drug-likeness (QED) is 0.0574. The molecule has 304 valence electrons. The van der Waals surface area contributed by atoms with Crippen LogP contribution in [0, 0.1) is 0 Å². The third-order valence-electron chi connectivity index (χ3n) is 9.13. The minimum atomic E-state index is -1.58. The van der Waals surface area contributed by atoms with Crippen LogP contribution in [0.1, 0.15) is 131 Å². The maximum atomic E-state index is 12.9. The molecule has 0 fully saturated rings. The molecule has 0 radical (unpaired) electrons. The SMILES string of the molecule is CC(C)(O)C(=O)c1ccc(C(OCCOCCOC(c2ccc(C(=O)C(C)(C)O)cc2)c2cccc(C(=O)C(C)(C)O)c2)c2ccc(C(=O)C(C)(C)O)cc2)cc1. The summed E-state index contributed by atoms with van der Waals surface area (Å²) in [7, 11) is 0. The molecule has 11 heteroatoms. The molecule has 0 bridgehead atoms. The van der Waals surface area contributed by atoms with Crippen molar-refractivity contribution in [3.63, 3.8) is 0 Å². The Bertz CT molecular complexity index is 1930. The lowest BCUT2D eigenvalue weighted by molar-refractivity contribution is -0.0125. The Morgan fingerprint density at radius 1 is 0.421 bits per heavy atom. The van der Waals surface area contributed by atoms with Gasteiger partial charge in [0.25, 0.3) is 0 Å². The van der Waals surface area contributed by atoms with Gasteiger partial charge in [-0.3, -0.25) is 19.2 Å². The molecule has 0 saturated heterocycles. The minimum absolute atomic E-state index is 0.134. The second-order valence-corrected chi connectivity index (χ2v) is 16.2. The van der Waals surface area contributed by atoms with Crippen LogP contribution < -0.4 is 0 Å². The lowest BCUT2D eigenvalue weighted by Crippen LogP contribution is -2.31. The number of carbonyl (C=O) groups excluding carboxylic acids is 4. The number of Topliss-reactive ketones (excluding diaryl/α,β-unsaturated/α-hetero) is 4. The van der Waals surface area contributed by atoms with E-state index in [9.17, 15) is 39.6 Å². The van der Waals surface area contributed by atoms with Crippen molar-refractivity contribution in [2.75, 3.05) is 26.4 Å². The second-order valence-electron chi connectivity index (χ2n) is 16.2. The maximum absolute atomic E-state index is 12.9. The van der Waals surface area contributed by atoms with Gasteiger partial charge in [-0.15, -0.1) is 0 Å². The van der Waals surface area contributed by atoms with E-state index in [1.807, 2.05) is 0 Å². The fraction of sp³-hybridized carbons (Fsp3) is 0.391. The zero-order valence-electron chi connectivity index (χ0n) is 33.9. The van der Waals surface area contributed by atoms with Gasteiger partial charge in [-0.05, 0) is 83.7 Å². The number of benzene rings is 4. The summed E-state index contributed by atoms with van der Waals surface area (Å²) in [6.45, 7) is 12.0. The number of hydrogen-bond donors (Lipinski definition) is 4. The highest BCUT2D eigenvalue weighted by atomic mass is 16.5. The van der Waals surface area contributed by atoms with Crippen molar-refractivity contribution >= 4 is 23.1 Å². The van der Waals surface area contributed by atoms with E-state index in [0.717, 1.165) is 11.1 Å². The topological polar surface area (TPSA) is 177 Å². The maximum Gasteiger partial charge on any atom is 0.193 e. The number of hydrogen-bond acceptors (Lipinski definition) is 11. The molecule has 0 amide bonds. The van der Waals surface area contributed by atoms with Crippen LogP contribution in [0.15, 0.2) is 97.1 Å². The van der Waals surface area contributed by atoms with Crippen LogP contribution in [-0.2, 0) is 14.2 Å². The van der Waals surface area contributed by atoms with Gasteiger partial charge in [0.05, 0.1) is 26.4 Å². The number of ketones is 4. The lowest BCUT2D eigenvalue weighted by Gasteiger charge is -2.22. The molecule has 0 aliphatic carbocycles. The number of carbonyl (C=O) groups is 4. The Hall–Kier alpha value is -4.72. The van der Waals surface area contributed by atoms with Crippen LogP contribution >= 0.6 is 0 Å².